The third-order valence-corrected chi connectivity index (χ3v) is 7.81. The van der Waals surface area contributed by atoms with E-state index in [1.807, 2.05) is 0 Å². The van der Waals surface area contributed by atoms with Gasteiger partial charge < -0.3 is 10.4 Å². The van der Waals surface area contributed by atoms with Crippen molar-refractivity contribution in [2.45, 2.75) is 193 Å². The van der Waals surface area contributed by atoms with Crippen LogP contribution >= 0.6 is 0 Å². The predicted octanol–water partition coefficient (Wildman–Crippen LogP) is 11.6. The Bertz CT molecular complexity index is 472. The van der Waals surface area contributed by atoms with Crippen LogP contribution in [0.1, 0.15) is 187 Å². The molecule has 0 heterocycles. The van der Waals surface area contributed by atoms with Crippen LogP contribution in [0.5, 0.6) is 0 Å². The molecule has 226 valence electrons. The van der Waals surface area contributed by atoms with E-state index in [1.54, 1.807) is 0 Å². The van der Waals surface area contributed by atoms with E-state index in [2.05, 4.69) is 43.5 Å². The van der Waals surface area contributed by atoms with E-state index in [4.69, 9.17) is 0 Å². The molecule has 2 heteroatoms. The average Bonchev–Trinajstić information content (AvgIpc) is 2.92. The summed E-state index contributed by atoms with van der Waals surface area (Å²) in [5.41, 5.74) is 0. The second-order valence-corrected chi connectivity index (χ2v) is 11.8. The maximum absolute atomic E-state index is 9.99. The van der Waals surface area contributed by atoms with Crippen molar-refractivity contribution in [1.82, 2.24) is 5.32 Å². The number of rotatable bonds is 32. The Morgan fingerprint density at radius 1 is 0.447 bits per heavy atom. The van der Waals surface area contributed by atoms with Gasteiger partial charge in [0.2, 0.25) is 0 Å². The molecule has 0 saturated heterocycles. The Kier molecular flexibility index (Phi) is 33.9. The molecule has 0 rings (SSSR count). The van der Waals surface area contributed by atoms with E-state index in [-0.39, 0.29) is 6.10 Å². The zero-order chi connectivity index (χ0) is 27.6. The molecular formula is C36H71NO. The van der Waals surface area contributed by atoms with Crippen LogP contribution < -0.4 is 5.32 Å². The van der Waals surface area contributed by atoms with Crippen molar-refractivity contribution < 1.29 is 5.11 Å². The largest absolute Gasteiger partial charge is 0.393 e. The van der Waals surface area contributed by atoms with Gasteiger partial charge in [0.05, 0.1) is 6.10 Å². The summed E-state index contributed by atoms with van der Waals surface area (Å²) >= 11 is 0. The molecule has 0 bridgehead atoms. The van der Waals surface area contributed by atoms with Crippen LogP contribution in [-0.2, 0) is 0 Å². The fourth-order valence-electron chi connectivity index (χ4n) is 5.14. The van der Waals surface area contributed by atoms with Gasteiger partial charge in [-0.25, -0.2) is 0 Å². The van der Waals surface area contributed by atoms with E-state index in [1.165, 1.54) is 174 Å². The highest BCUT2D eigenvalue weighted by Crippen LogP contribution is 2.12. The molecule has 38 heavy (non-hydrogen) atoms. The first-order valence-corrected chi connectivity index (χ1v) is 17.5. The number of nitrogens with one attached hydrogen (secondary N) is 1. The van der Waals surface area contributed by atoms with E-state index >= 15 is 0 Å². The monoisotopic (exact) mass is 534 g/mol. The van der Waals surface area contributed by atoms with Crippen LogP contribution in [0.4, 0.5) is 0 Å². The van der Waals surface area contributed by atoms with E-state index < -0.39 is 0 Å². The summed E-state index contributed by atoms with van der Waals surface area (Å²) in [7, 11) is 0. The lowest BCUT2D eigenvalue weighted by Crippen LogP contribution is -2.16. The minimum atomic E-state index is -0.126. The smallest absolute Gasteiger partial charge is 0.0574 e. The summed E-state index contributed by atoms with van der Waals surface area (Å²) in [6.45, 7) is 6.94. The van der Waals surface area contributed by atoms with Gasteiger partial charge in [-0.3, -0.25) is 0 Å². The highest BCUT2D eigenvalue weighted by Gasteiger charge is 2.00. The fourth-order valence-corrected chi connectivity index (χ4v) is 5.14. The maximum Gasteiger partial charge on any atom is 0.0574 e. The van der Waals surface area contributed by atoms with Crippen LogP contribution in [0.25, 0.3) is 0 Å². The molecular weight excluding hydrogens is 462 g/mol. The number of hydrogen-bond acceptors (Lipinski definition) is 2. The summed E-state index contributed by atoms with van der Waals surface area (Å²) in [4.78, 5) is 0. The summed E-state index contributed by atoms with van der Waals surface area (Å²) in [6, 6.07) is 0. The van der Waals surface area contributed by atoms with Gasteiger partial charge in [-0.1, -0.05) is 147 Å². The zero-order valence-electron chi connectivity index (χ0n) is 26.3. The Labute approximate surface area is 240 Å². The van der Waals surface area contributed by atoms with Crippen LogP contribution in [0.15, 0.2) is 24.3 Å². The lowest BCUT2D eigenvalue weighted by atomic mass is 10.1. The topological polar surface area (TPSA) is 32.3 Å². The van der Waals surface area contributed by atoms with Gasteiger partial charge in [0.1, 0.15) is 0 Å². The predicted molar refractivity (Wildman–Crippen MR) is 173 cm³/mol. The zero-order valence-corrected chi connectivity index (χ0v) is 26.3. The second kappa shape index (κ2) is 34.4. The van der Waals surface area contributed by atoms with Crippen LogP contribution in [0.3, 0.4) is 0 Å². The number of aliphatic hydroxyl groups excluding tert-OH is 1. The highest BCUT2D eigenvalue weighted by atomic mass is 16.3. The molecule has 0 radical (unpaired) electrons. The molecule has 0 aromatic carbocycles. The van der Waals surface area contributed by atoms with E-state index in [9.17, 15) is 5.11 Å². The standard InChI is InChI=1S/C36H71NO/c1-3-5-7-9-10-11-12-13-14-15-16-17-20-23-26-30-34-37-35-31-27-24-21-18-19-22-25-29-33-36(38)32-28-8-6-4-2/h13-14,25,29,36-38H,3-12,15-24,26-28,30-35H2,1-2H3/t36-/m1/s1. The number of unbranched alkanes of at least 4 members (excludes halogenated alkanes) is 21. The molecule has 2 nitrogen and oxygen atoms in total. The first-order valence-electron chi connectivity index (χ1n) is 17.5. The summed E-state index contributed by atoms with van der Waals surface area (Å²) in [6.07, 6.45) is 44.8. The van der Waals surface area contributed by atoms with Crippen LogP contribution in [-0.4, -0.2) is 24.3 Å². The van der Waals surface area contributed by atoms with Gasteiger partial charge in [-0.2, -0.15) is 0 Å². The molecule has 0 amide bonds. The normalized spacial score (nSPS) is 12.8. The third-order valence-electron chi connectivity index (χ3n) is 7.81. The minimum Gasteiger partial charge on any atom is -0.393 e. The molecule has 0 fully saturated rings. The van der Waals surface area contributed by atoms with Crippen molar-refractivity contribution in [1.29, 1.82) is 0 Å². The summed E-state index contributed by atoms with van der Waals surface area (Å²) in [5, 5.41) is 13.6. The Balaban J connectivity index is 3.16. The molecule has 0 aliphatic carbocycles. The first-order chi connectivity index (χ1) is 18.8. The Morgan fingerprint density at radius 3 is 1.29 bits per heavy atom. The van der Waals surface area contributed by atoms with Crippen molar-refractivity contribution in [3.8, 4) is 0 Å². The SMILES string of the molecule is CCCCCCCCC=CCCCCCCCCNCCCCCCCCC=CC[C@H](O)CCCCCC. The van der Waals surface area contributed by atoms with Crippen LogP contribution in [0.2, 0.25) is 0 Å². The Hall–Kier alpha value is -0.600. The van der Waals surface area contributed by atoms with Gasteiger partial charge in [0, 0.05) is 0 Å². The fraction of sp³-hybridized carbons (Fsp3) is 0.889. The molecule has 2 N–H and O–H groups in total. The molecule has 0 saturated carbocycles. The van der Waals surface area contributed by atoms with E-state index in [0.29, 0.717) is 0 Å². The van der Waals surface area contributed by atoms with Gasteiger partial charge in [-0.15, -0.1) is 0 Å². The minimum absolute atomic E-state index is 0.126. The van der Waals surface area contributed by atoms with Crippen molar-refractivity contribution in [3.05, 3.63) is 24.3 Å². The van der Waals surface area contributed by atoms with Crippen LogP contribution in [0, 0.1) is 0 Å². The number of allylic oxidation sites excluding steroid dienone is 3. The third kappa shape index (κ3) is 33.4. The van der Waals surface area contributed by atoms with Crippen molar-refractivity contribution in [2.24, 2.45) is 0 Å². The number of aliphatic hydroxyl groups is 1. The van der Waals surface area contributed by atoms with Gasteiger partial charge in [-0.05, 0) is 77.3 Å². The van der Waals surface area contributed by atoms with E-state index in [0.717, 1.165) is 12.8 Å². The van der Waals surface area contributed by atoms with Crippen molar-refractivity contribution in [3.63, 3.8) is 0 Å². The van der Waals surface area contributed by atoms with Gasteiger partial charge in [0.25, 0.3) is 0 Å². The Morgan fingerprint density at radius 2 is 0.816 bits per heavy atom. The molecule has 0 spiro atoms. The van der Waals surface area contributed by atoms with Crippen molar-refractivity contribution >= 4 is 0 Å². The molecule has 0 aliphatic rings. The van der Waals surface area contributed by atoms with Crippen molar-refractivity contribution in [2.75, 3.05) is 13.1 Å². The average molecular weight is 534 g/mol. The van der Waals surface area contributed by atoms with Gasteiger partial charge in [0.15, 0.2) is 0 Å². The van der Waals surface area contributed by atoms with Gasteiger partial charge >= 0.3 is 0 Å². The maximum atomic E-state index is 9.99. The first kappa shape index (κ1) is 37.4. The lowest BCUT2D eigenvalue weighted by Gasteiger charge is -2.07. The molecule has 0 unspecified atom stereocenters. The molecule has 0 aromatic heterocycles. The quantitative estimate of drug-likeness (QED) is 0.0665. The molecule has 0 aromatic rings. The molecule has 0 aliphatic heterocycles. The summed E-state index contributed by atoms with van der Waals surface area (Å²) < 4.78 is 0. The highest BCUT2D eigenvalue weighted by molar-refractivity contribution is 4.84. The lowest BCUT2D eigenvalue weighted by molar-refractivity contribution is 0.163. The number of hydrogen-bond donors (Lipinski definition) is 2. The second-order valence-electron chi connectivity index (χ2n) is 11.8. The molecule has 1 atom stereocenters. The summed E-state index contributed by atoms with van der Waals surface area (Å²) in [5.74, 6) is 0.